The Morgan fingerprint density at radius 2 is 2.38 bits per heavy atom. The second-order valence-corrected chi connectivity index (χ2v) is 3.42. The van der Waals surface area contributed by atoms with E-state index in [0.717, 1.165) is 11.3 Å². The number of anilines is 1. The third kappa shape index (κ3) is 1.71. The summed E-state index contributed by atoms with van der Waals surface area (Å²) in [6.45, 7) is 0.504. The van der Waals surface area contributed by atoms with E-state index in [4.69, 9.17) is 4.74 Å². The Bertz CT molecular complexity index is 354. The molecule has 68 valence electrons. The molecule has 0 aromatic carbocycles. The lowest BCUT2D eigenvalue weighted by atomic mass is 10.2. The third-order valence-corrected chi connectivity index (χ3v) is 2.44. The molecule has 1 aromatic rings. The van der Waals surface area contributed by atoms with Gasteiger partial charge in [-0.2, -0.15) is 0 Å². The van der Waals surface area contributed by atoms with E-state index < -0.39 is 0 Å². The monoisotopic (exact) mass is 242 g/mol. The van der Waals surface area contributed by atoms with Crippen molar-refractivity contribution in [1.82, 2.24) is 4.98 Å². The van der Waals surface area contributed by atoms with Crippen molar-refractivity contribution in [2.45, 2.75) is 6.61 Å². The molecule has 1 amide bonds. The van der Waals surface area contributed by atoms with Gasteiger partial charge in [-0.25, -0.2) is 4.98 Å². The molecule has 1 aliphatic rings. The minimum absolute atomic E-state index is 0.0983. The van der Waals surface area contributed by atoms with E-state index in [9.17, 15) is 4.79 Å². The number of hydrogen-bond acceptors (Lipinski definition) is 3. The predicted molar refractivity (Wildman–Crippen MR) is 50.2 cm³/mol. The number of nitrogens with one attached hydrogen (secondary N) is 1. The van der Waals surface area contributed by atoms with Crippen LogP contribution in [0.15, 0.2) is 16.9 Å². The number of nitrogens with zero attached hydrogens (tertiary/aromatic N) is 1. The van der Waals surface area contributed by atoms with Crippen molar-refractivity contribution in [3.63, 3.8) is 0 Å². The third-order valence-electron chi connectivity index (χ3n) is 1.76. The Morgan fingerprint density at radius 1 is 1.54 bits per heavy atom. The molecule has 1 aromatic heterocycles. The van der Waals surface area contributed by atoms with Crippen LogP contribution in [0.25, 0.3) is 0 Å². The Morgan fingerprint density at radius 3 is 3.23 bits per heavy atom. The molecule has 0 saturated carbocycles. The normalized spacial score (nSPS) is 15.9. The molecule has 0 radical (unpaired) electrons. The zero-order valence-corrected chi connectivity index (χ0v) is 8.30. The maximum Gasteiger partial charge on any atom is 0.250 e. The first-order chi connectivity index (χ1) is 6.27. The van der Waals surface area contributed by atoms with Gasteiger partial charge in [0.1, 0.15) is 11.2 Å². The van der Waals surface area contributed by atoms with Crippen LogP contribution in [0.4, 0.5) is 5.69 Å². The van der Waals surface area contributed by atoms with Gasteiger partial charge in [-0.3, -0.25) is 4.79 Å². The molecule has 0 spiro atoms. The zero-order valence-electron chi connectivity index (χ0n) is 6.71. The van der Waals surface area contributed by atoms with Gasteiger partial charge < -0.3 is 10.1 Å². The molecule has 2 heterocycles. The molecule has 0 aliphatic carbocycles. The van der Waals surface area contributed by atoms with Gasteiger partial charge in [0.15, 0.2) is 0 Å². The summed E-state index contributed by atoms with van der Waals surface area (Å²) < 4.78 is 5.85. The van der Waals surface area contributed by atoms with Crippen molar-refractivity contribution in [2.75, 3.05) is 11.9 Å². The van der Waals surface area contributed by atoms with Crippen LogP contribution in [-0.2, 0) is 16.1 Å². The Labute approximate surface area is 83.4 Å². The number of fused-ring (bicyclic) bond motifs is 1. The summed E-state index contributed by atoms with van der Waals surface area (Å²) in [4.78, 5) is 15.1. The molecule has 1 N–H and O–H groups in total. The summed E-state index contributed by atoms with van der Waals surface area (Å²) in [5, 5.41) is 2.73. The lowest BCUT2D eigenvalue weighted by molar-refractivity contribution is -0.120. The van der Waals surface area contributed by atoms with Crippen molar-refractivity contribution in [3.05, 3.63) is 22.4 Å². The average molecular weight is 243 g/mol. The summed E-state index contributed by atoms with van der Waals surface area (Å²) in [6.07, 6.45) is 1.63. The topological polar surface area (TPSA) is 51.2 Å². The summed E-state index contributed by atoms with van der Waals surface area (Å²) in [5.41, 5.74) is 1.65. The summed E-state index contributed by atoms with van der Waals surface area (Å²) in [7, 11) is 0. The number of halogens is 1. The molecule has 0 unspecified atom stereocenters. The molecule has 5 heteroatoms. The number of rotatable bonds is 0. The second kappa shape index (κ2) is 3.43. The molecule has 4 nitrogen and oxygen atoms in total. The van der Waals surface area contributed by atoms with Gasteiger partial charge in [-0.05, 0) is 22.0 Å². The van der Waals surface area contributed by atoms with Crippen LogP contribution >= 0.6 is 15.9 Å². The average Bonchev–Trinajstić information content (AvgIpc) is 2.27. The highest BCUT2D eigenvalue weighted by atomic mass is 79.9. The van der Waals surface area contributed by atoms with Gasteiger partial charge in [-0.15, -0.1) is 0 Å². The summed E-state index contributed by atoms with van der Waals surface area (Å²) in [6, 6.07) is 1.76. The van der Waals surface area contributed by atoms with Crippen LogP contribution in [-0.4, -0.2) is 17.5 Å². The molecule has 13 heavy (non-hydrogen) atoms. The SMILES string of the molecule is O=C1COCc2c(ccnc2Br)N1. The maximum atomic E-state index is 11.1. The fraction of sp³-hybridized carbons (Fsp3) is 0.250. The van der Waals surface area contributed by atoms with Gasteiger partial charge in [0.05, 0.1) is 12.3 Å². The fourth-order valence-corrected chi connectivity index (χ4v) is 1.60. The molecular formula is C8H7BrN2O2. The lowest BCUT2D eigenvalue weighted by Gasteiger charge is -2.05. The van der Waals surface area contributed by atoms with E-state index in [0.29, 0.717) is 11.2 Å². The number of ether oxygens (including phenoxy) is 1. The standard InChI is InChI=1S/C8H7BrN2O2/c9-8-5-3-13-4-7(12)11-6(5)1-2-10-8/h1-2H,3-4H2,(H,11,12). The van der Waals surface area contributed by atoms with Crippen molar-refractivity contribution in [3.8, 4) is 0 Å². The Kier molecular flexibility index (Phi) is 2.28. The fourth-order valence-electron chi connectivity index (χ4n) is 1.15. The minimum atomic E-state index is -0.128. The lowest BCUT2D eigenvalue weighted by Crippen LogP contribution is -2.14. The van der Waals surface area contributed by atoms with Gasteiger partial charge in [-0.1, -0.05) is 0 Å². The number of amides is 1. The largest absolute Gasteiger partial charge is 0.367 e. The Hall–Kier alpha value is -0.940. The van der Waals surface area contributed by atoms with E-state index in [1.165, 1.54) is 0 Å². The summed E-state index contributed by atoms with van der Waals surface area (Å²) >= 11 is 3.29. The highest BCUT2D eigenvalue weighted by Gasteiger charge is 2.15. The van der Waals surface area contributed by atoms with Gasteiger partial charge in [0.25, 0.3) is 0 Å². The van der Waals surface area contributed by atoms with Crippen LogP contribution in [0.2, 0.25) is 0 Å². The Balaban J connectivity index is 2.45. The van der Waals surface area contributed by atoms with Gasteiger partial charge in [0.2, 0.25) is 5.91 Å². The van der Waals surface area contributed by atoms with Crippen LogP contribution < -0.4 is 5.32 Å². The van der Waals surface area contributed by atoms with Crippen molar-refractivity contribution >= 4 is 27.5 Å². The van der Waals surface area contributed by atoms with Crippen molar-refractivity contribution in [1.29, 1.82) is 0 Å². The summed E-state index contributed by atoms with van der Waals surface area (Å²) in [5.74, 6) is -0.128. The number of aromatic nitrogens is 1. The number of hydrogen-bond donors (Lipinski definition) is 1. The molecule has 0 atom stereocenters. The van der Waals surface area contributed by atoms with E-state index in [2.05, 4.69) is 26.2 Å². The van der Waals surface area contributed by atoms with E-state index in [-0.39, 0.29) is 12.5 Å². The molecule has 0 bridgehead atoms. The van der Waals surface area contributed by atoms with Crippen molar-refractivity contribution in [2.24, 2.45) is 0 Å². The van der Waals surface area contributed by atoms with Crippen molar-refractivity contribution < 1.29 is 9.53 Å². The molecular weight excluding hydrogens is 236 g/mol. The van der Waals surface area contributed by atoms with Crippen LogP contribution in [0.1, 0.15) is 5.56 Å². The van der Waals surface area contributed by atoms with E-state index in [1.807, 2.05) is 0 Å². The smallest absolute Gasteiger partial charge is 0.250 e. The maximum absolute atomic E-state index is 11.1. The van der Waals surface area contributed by atoms with Crippen LogP contribution in [0.5, 0.6) is 0 Å². The molecule has 2 rings (SSSR count). The number of carbonyl (C=O) groups is 1. The first-order valence-corrected chi connectivity index (χ1v) is 4.57. The zero-order chi connectivity index (χ0) is 9.26. The minimum Gasteiger partial charge on any atom is -0.367 e. The molecule has 0 saturated heterocycles. The highest BCUT2D eigenvalue weighted by Crippen LogP contribution is 2.24. The first kappa shape index (κ1) is 8.65. The number of pyridine rings is 1. The van der Waals surface area contributed by atoms with Crippen LogP contribution in [0.3, 0.4) is 0 Å². The van der Waals surface area contributed by atoms with Gasteiger partial charge in [0, 0.05) is 11.8 Å². The molecule has 0 fully saturated rings. The van der Waals surface area contributed by atoms with E-state index in [1.54, 1.807) is 12.3 Å². The predicted octanol–water partition coefficient (Wildman–Crippen LogP) is 1.31. The first-order valence-electron chi connectivity index (χ1n) is 3.78. The van der Waals surface area contributed by atoms with E-state index >= 15 is 0 Å². The highest BCUT2D eigenvalue weighted by molar-refractivity contribution is 9.10. The molecule has 1 aliphatic heterocycles. The van der Waals surface area contributed by atoms with Gasteiger partial charge >= 0.3 is 0 Å². The second-order valence-electron chi connectivity index (χ2n) is 2.67. The quantitative estimate of drug-likeness (QED) is 0.699. The number of carbonyl (C=O) groups excluding carboxylic acids is 1. The van der Waals surface area contributed by atoms with Crippen LogP contribution in [0, 0.1) is 0 Å².